The lowest BCUT2D eigenvalue weighted by Gasteiger charge is -2.18. The van der Waals surface area contributed by atoms with Gasteiger partial charge in [0.15, 0.2) is 6.10 Å². The third kappa shape index (κ3) is 46.0. The normalized spacial score (nSPS) is 12.5. The smallest absolute Gasteiger partial charge is 0.306 e. The first-order valence-electron chi connectivity index (χ1n) is 24.8. The number of unbranched alkanes of at least 4 members (excludes halogenated alkanes) is 23. The van der Waals surface area contributed by atoms with E-state index in [0.717, 1.165) is 64.2 Å². The summed E-state index contributed by atoms with van der Waals surface area (Å²) in [4.78, 5) is 37.8. The van der Waals surface area contributed by atoms with Crippen molar-refractivity contribution in [3.05, 3.63) is 60.8 Å². The van der Waals surface area contributed by atoms with Crippen molar-refractivity contribution in [3.63, 3.8) is 0 Å². The van der Waals surface area contributed by atoms with E-state index in [2.05, 4.69) is 81.5 Å². The molecule has 0 aliphatic heterocycles. The Morgan fingerprint density at radius 3 is 1.08 bits per heavy atom. The third-order valence-electron chi connectivity index (χ3n) is 10.5. The van der Waals surface area contributed by atoms with Crippen LogP contribution in [0, 0.1) is 0 Å². The number of allylic oxidation sites excluding steroid dienone is 10. The fraction of sp³-hybridized carbons (Fsp3) is 0.755. The van der Waals surface area contributed by atoms with E-state index < -0.39 is 6.10 Å². The van der Waals surface area contributed by atoms with Crippen LogP contribution in [-0.4, -0.2) is 37.2 Å². The minimum absolute atomic E-state index is 0.0917. The monoisotopic (exact) mass is 825 g/mol. The Kier molecular flexibility index (Phi) is 45.4. The molecule has 0 radical (unpaired) electrons. The fourth-order valence-corrected chi connectivity index (χ4v) is 6.72. The summed E-state index contributed by atoms with van der Waals surface area (Å²) in [6.07, 6.45) is 57.8. The van der Waals surface area contributed by atoms with Gasteiger partial charge in [0, 0.05) is 19.3 Å². The Hall–Kier alpha value is -2.89. The first-order chi connectivity index (χ1) is 29.0. The highest BCUT2D eigenvalue weighted by atomic mass is 16.6. The van der Waals surface area contributed by atoms with Crippen molar-refractivity contribution < 1.29 is 28.6 Å². The summed E-state index contributed by atoms with van der Waals surface area (Å²) in [6.45, 7) is 6.52. The number of ether oxygens (including phenoxy) is 3. The zero-order valence-electron chi connectivity index (χ0n) is 38.8. The first-order valence-corrected chi connectivity index (χ1v) is 24.8. The van der Waals surface area contributed by atoms with Crippen LogP contribution in [0.4, 0.5) is 0 Å². The van der Waals surface area contributed by atoms with E-state index in [-0.39, 0.29) is 37.5 Å². The van der Waals surface area contributed by atoms with Crippen molar-refractivity contribution in [2.24, 2.45) is 0 Å². The molecule has 0 aromatic rings. The maximum atomic E-state index is 12.8. The molecule has 0 spiro atoms. The minimum atomic E-state index is -0.794. The predicted molar refractivity (Wildman–Crippen MR) is 251 cm³/mol. The highest BCUT2D eigenvalue weighted by Gasteiger charge is 2.19. The zero-order valence-corrected chi connectivity index (χ0v) is 38.8. The van der Waals surface area contributed by atoms with Gasteiger partial charge in [-0.25, -0.2) is 0 Å². The fourth-order valence-electron chi connectivity index (χ4n) is 6.72. The van der Waals surface area contributed by atoms with Crippen LogP contribution in [0.25, 0.3) is 0 Å². The quantitative estimate of drug-likeness (QED) is 0.0263. The SMILES string of the molecule is CCCCC/C=C\C/C=C\C/C=C\C/C=C\CCCC(=O)OCC(COC(=O)CCCCCCCCCCC)OC(=O)CCCCCCCCC/C=C\CCCCCC. The minimum Gasteiger partial charge on any atom is -0.462 e. The van der Waals surface area contributed by atoms with E-state index in [1.807, 2.05) is 0 Å². The molecule has 0 aliphatic carbocycles. The molecule has 0 saturated heterocycles. The molecule has 59 heavy (non-hydrogen) atoms. The van der Waals surface area contributed by atoms with Crippen molar-refractivity contribution in [1.29, 1.82) is 0 Å². The van der Waals surface area contributed by atoms with Gasteiger partial charge < -0.3 is 14.2 Å². The molecule has 6 nitrogen and oxygen atoms in total. The lowest BCUT2D eigenvalue weighted by atomic mass is 10.1. The summed E-state index contributed by atoms with van der Waals surface area (Å²) in [5.74, 6) is -0.956. The molecule has 0 bridgehead atoms. The van der Waals surface area contributed by atoms with Crippen LogP contribution in [0.3, 0.4) is 0 Å². The van der Waals surface area contributed by atoms with Gasteiger partial charge in [-0.3, -0.25) is 14.4 Å². The van der Waals surface area contributed by atoms with Crippen LogP contribution >= 0.6 is 0 Å². The predicted octanol–water partition coefficient (Wildman–Crippen LogP) is 16.1. The summed E-state index contributed by atoms with van der Waals surface area (Å²) in [6, 6.07) is 0. The highest BCUT2D eigenvalue weighted by molar-refractivity contribution is 5.71. The second-order valence-electron chi connectivity index (χ2n) is 16.4. The molecular weight excluding hydrogens is 733 g/mol. The molecule has 0 saturated carbocycles. The number of hydrogen-bond acceptors (Lipinski definition) is 6. The molecule has 1 unspecified atom stereocenters. The molecule has 0 fully saturated rings. The van der Waals surface area contributed by atoms with Crippen LogP contribution in [0.5, 0.6) is 0 Å². The van der Waals surface area contributed by atoms with Crippen molar-refractivity contribution in [2.45, 2.75) is 245 Å². The summed E-state index contributed by atoms with van der Waals surface area (Å²) in [7, 11) is 0. The molecule has 0 aromatic carbocycles. The van der Waals surface area contributed by atoms with Gasteiger partial charge in [-0.05, 0) is 83.5 Å². The molecule has 0 aromatic heterocycles. The number of hydrogen-bond donors (Lipinski definition) is 0. The van der Waals surface area contributed by atoms with Crippen molar-refractivity contribution in [3.8, 4) is 0 Å². The average molecular weight is 825 g/mol. The lowest BCUT2D eigenvalue weighted by Crippen LogP contribution is -2.30. The molecule has 0 amide bonds. The van der Waals surface area contributed by atoms with E-state index >= 15 is 0 Å². The molecule has 340 valence electrons. The van der Waals surface area contributed by atoms with Crippen molar-refractivity contribution >= 4 is 17.9 Å². The van der Waals surface area contributed by atoms with Crippen LogP contribution in [-0.2, 0) is 28.6 Å². The molecular formula is C53H92O6. The average Bonchev–Trinajstić information content (AvgIpc) is 3.23. The second-order valence-corrected chi connectivity index (χ2v) is 16.4. The van der Waals surface area contributed by atoms with Crippen LogP contribution in [0.15, 0.2) is 60.8 Å². The van der Waals surface area contributed by atoms with Crippen LogP contribution in [0.2, 0.25) is 0 Å². The van der Waals surface area contributed by atoms with Gasteiger partial charge >= 0.3 is 17.9 Å². The molecule has 1 atom stereocenters. The van der Waals surface area contributed by atoms with Gasteiger partial charge in [0.25, 0.3) is 0 Å². The maximum absolute atomic E-state index is 12.8. The van der Waals surface area contributed by atoms with E-state index in [1.165, 1.54) is 128 Å². The van der Waals surface area contributed by atoms with Crippen LogP contribution in [0.1, 0.15) is 239 Å². The number of carbonyl (C=O) groups is 3. The summed E-state index contributed by atoms with van der Waals surface area (Å²) < 4.78 is 16.7. The van der Waals surface area contributed by atoms with Gasteiger partial charge in [-0.1, -0.05) is 197 Å². The van der Waals surface area contributed by atoms with Gasteiger partial charge in [0.2, 0.25) is 0 Å². The Labute approximate surface area is 364 Å². The largest absolute Gasteiger partial charge is 0.462 e. The van der Waals surface area contributed by atoms with Crippen molar-refractivity contribution in [1.82, 2.24) is 0 Å². The highest BCUT2D eigenvalue weighted by Crippen LogP contribution is 2.14. The Bertz CT molecular complexity index is 1090. The Morgan fingerprint density at radius 2 is 0.627 bits per heavy atom. The zero-order chi connectivity index (χ0) is 43.0. The van der Waals surface area contributed by atoms with Crippen molar-refractivity contribution in [2.75, 3.05) is 13.2 Å². The van der Waals surface area contributed by atoms with Gasteiger partial charge in [0.05, 0.1) is 0 Å². The van der Waals surface area contributed by atoms with Gasteiger partial charge in [-0.15, -0.1) is 0 Å². The molecule has 0 rings (SSSR count). The first kappa shape index (κ1) is 56.1. The maximum Gasteiger partial charge on any atom is 0.306 e. The lowest BCUT2D eigenvalue weighted by molar-refractivity contribution is -0.167. The van der Waals surface area contributed by atoms with E-state index in [9.17, 15) is 14.4 Å². The summed E-state index contributed by atoms with van der Waals surface area (Å²) in [5.41, 5.74) is 0. The van der Waals surface area contributed by atoms with E-state index in [4.69, 9.17) is 14.2 Å². The van der Waals surface area contributed by atoms with E-state index in [1.54, 1.807) is 0 Å². The summed E-state index contributed by atoms with van der Waals surface area (Å²) in [5, 5.41) is 0. The molecule has 0 aliphatic rings. The topological polar surface area (TPSA) is 78.9 Å². The standard InChI is InChI=1S/C53H92O6/c1-4-7-10-13-16-19-21-23-25-26-28-29-31-34-37-40-43-46-52(55)58-49-50(48-57-51(54)45-42-39-36-33-18-15-12-9-6-3)59-53(56)47-44-41-38-35-32-30-27-24-22-20-17-14-11-8-5-2/h16,19-20,22-23,25,28-29,34,37,50H,4-15,17-18,21,24,26-27,30-33,35-36,38-49H2,1-3H3/b19-16-,22-20-,25-23-,29-28-,37-34-. The van der Waals surface area contributed by atoms with Crippen LogP contribution < -0.4 is 0 Å². The van der Waals surface area contributed by atoms with Gasteiger partial charge in [0.1, 0.15) is 13.2 Å². The number of carbonyl (C=O) groups excluding carboxylic acids is 3. The molecule has 6 heteroatoms. The Balaban J connectivity index is 4.43. The van der Waals surface area contributed by atoms with Gasteiger partial charge in [-0.2, -0.15) is 0 Å². The third-order valence-corrected chi connectivity index (χ3v) is 10.5. The number of esters is 3. The summed E-state index contributed by atoms with van der Waals surface area (Å²) >= 11 is 0. The molecule has 0 heterocycles. The van der Waals surface area contributed by atoms with E-state index in [0.29, 0.717) is 19.3 Å². The number of rotatable bonds is 44. The Morgan fingerprint density at radius 1 is 0.339 bits per heavy atom. The molecule has 0 N–H and O–H groups in total. The second kappa shape index (κ2) is 47.8.